The van der Waals surface area contributed by atoms with Crippen LogP contribution in [0.25, 0.3) is 16.3 Å². The fourth-order valence-corrected chi connectivity index (χ4v) is 3.35. The molecule has 1 amide bonds. The SMILES string of the molecule is COc1cccc(C(CCO)NC(=O)c2ccc3ccc(/C(C=N)=C/N)cc3c2)c1. The van der Waals surface area contributed by atoms with Crippen molar-refractivity contribution in [1.82, 2.24) is 5.32 Å². The molecule has 0 spiro atoms. The number of rotatable bonds is 8. The Bertz CT molecular complexity index is 1090. The predicted octanol–water partition coefficient (Wildman–Crippen LogP) is 3.65. The first-order valence-corrected chi connectivity index (χ1v) is 9.62. The van der Waals surface area contributed by atoms with Crippen LogP contribution in [-0.2, 0) is 0 Å². The van der Waals surface area contributed by atoms with Gasteiger partial charge in [-0.05, 0) is 58.7 Å². The zero-order valence-electron chi connectivity index (χ0n) is 16.8. The standard InChI is InChI=1S/C24H25N3O3/c1-30-22-4-2-3-18(13-22)23(9-10-28)27-24(29)19-8-6-16-5-7-17(11-20(16)12-19)21(14-25)15-26/h2-8,11-15,23,25,28H,9-10,26H2,1H3,(H,27,29)/b21-15+,25-14?. The van der Waals surface area contributed by atoms with Gasteiger partial charge in [0.1, 0.15) is 5.75 Å². The van der Waals surface area contributed by atoms with Crippen molar-refractivity contribution in [2.24, 2.45) is 5.73 Å². The molecule has 5 N–H and O–H groups in total. The molecule has 0 saturated carbocycles. The van der Waals surface area contributed by atoms with Crippen LogP contribution in [0.15, 0.2) is 66.9 Å². The van der Waals surface area contributed by atoms with Crippen molar-refractivity contribution in [3.8, 4) is 5.75 Å². The molecule has 0 fully saturated rings. The van der Waals surface area contributed by atoms with Crippen molar-refractivity contribution < 1.29 is 14.6 Å². The van der Waals surface area contributed by atoms with E-state index in [1.165, 1.54) is 12.4 Å². The van der Waals surface area contributed by atoms with Crippen molar-refractivity contribution in [2.45, 2.75) is 12.5 Å². The molecule has 6 heteroatoms. The van der Waals surface area contributed by atoms with Gasteiger partial charge < -0.3 is 26.3 Å². The van der Waals surface area contributed by atoms with E-state index in [0.29, 0.717) is 23.3 Å². The molecule has 0 radical (unpaired) electrons. The monoisotopic (exact) mass is 403 g/mol. The summed E-state index contributed by atoms with van der Waals surface area (Å²) in [5.74, 6) is 0.461. The minimum absolute atomic E-state index is 0.0545. The van der Waals surface area contributed by atoms with E-state index in [1.807, 2.05) is 54.6 Å². The largest absolute Gasteiger partial charge is 0.497 e. The van der Waals surface area contributed by atoms with Crippen molar-refractivity contribution in [3.05, 3.63) is 83.6 Å². The molecule has 0 aliphatic rings. The highest BCUT2D eigenvalue weighted by molar-refractivity contribution is 6.09. The molecule has 0 bridgehead atoms. The van der Waals surface area contributed by atoms with Crippen LogP contribution in [0.2, 0.25) is 0 Å². The second kappa shape index (κ2) is 9.71. The van der Waals surface area contributed by atoms with Crippen LogP contribution < -0.4 is 15.8 Å². The lowest BCUT2D eigenvalue weighted by Crippen LogP contribution is -2.29. The number of aliphatic hydroxyl groups is 1. The van der Waals surface area contributed by atoms with E-state index in [0.717, 1.165) is 21.9 Å². The van der Waals surface area contributed by atoms with Crippen LogP contribution in [0.3, 0.4) is 0 Å². The molecule has 0 heterocycles. The first-order valence-electron chi connectivity index (χ1n) is 9.62. The first kappa shape index (κ1) is 21.1. The lowest BCUT2D eigenvalue weighted by Gasteiger charge is -2.19. The molecule has 1 atom stereocenters. The van der Waals surface area contributed by atoms with Gasteiger partial charge in [0, 0.05) is 30.2 Å². The third kappa shape index (κ3) is 4.67. The van der Waals surface area contributed by atoms with Gasteiger partial charge in [0.2, 0.25) is 0 Å². The lowest BCUT2D eigenvalue weighted by atomic mass is 9.99. The van der Waals surface area contributed by atoms with Gasteiger partial charge in [-0.3, -0.25) is 4.79 Å². The number of benzene rings is 3. The number of nitrogens with one attached hydrogen (secondary N) is 2. The summed E-state index contributed by atoms with van der Waals surface area (Å²) in [7, 11) is 1.59. The van der Waals surface area contributed by atoms with Gasteiger partial charge in [0.25, 0.3) is 5.91 Å². The van der Waals surface area contributed by atoms with Gasteiger partial charge >= 0.3 is 0 Å². The van der Waals surface area contributed by atoms with Gasteiger partial charge in [-0.2, -0.15) is 0 Å². The number of hydrogen-bond acceptors (Lipinski definition) is 5. The van der Waals surface area contributed by atoms with E-state index < -0.39 is 0 Å². The van der Waals surface area contributed by atoms with Crippen LogP contribution in [0.4, 0.5) is 0 Å². The summed E-state index contributed by atoms with van der Waals surface area (Å²) in [4.78, 5) is 12.9. The van der Waals surface area contributed by atoms with Crippen LogP contribution in [0, 0.1) is 5.41 Å². The van der Waals surface area contributed by atoms with Gasteiger partial charge in [0.15, 0.2) is 0 Å². The van der Waals surface area contributed by atoms with E-state index in [4.69, 9.17) is 15.9 Å². The summed E-state index contributed by atoms with van der Waals surface area (Å²) < 4.78 is 5.27. The minimum atomic E-state index is -0.343. The highest BCUT2D eigenvalue weighted by atomic mass is 16.5. The summed E-state index contributed by atoms with van der Waals surface area (Å²) in [5, 5.41) is 21.8. The van der Waals surface area contributed by atoms with Crippen LogP contribution in [0.1, 0.15) is 33.9 Å². The third-order valence-corrected chi connectivity index (χ3v) is 4.99. The van der Waals surface area contributed by atoms with E-state index in [9.17, 15) is 9.90 Å². The molecule has 3 rings (SSSR count). The summed E-state index contributed by atoms with van der Waals surface area (Å²) in [6.45, 7) is -0.0545. The van der Waals surface area contributed by atoms with Gasteiger partial charge in [-0.1, -0.05) is 30.3 Å². The molecule has 0 aliphatic carbocycles. The second-order valence-corrected chi connectivity index (χ2v) is 6.86. The average Bonchev–Trinajstić information content (AvgIpc) is 2.79. The maximum atomic E-state index is 12.9. The highest BCUT2D eigenvalue weighted by Gasteiger charge is 2.16. The molecule has 6 nitrogen and oxygen atoms in total. The Hall–Kier alpha value is -3.64. The molecular formula is C24H25N3O3. The maximum Gasteiger partial charge on any atom is 0.251 e. The Morgan fingerprint density at radius 3 is 2.53 bits per heavy atom. The van der Waals surface area contributed by atoms with E-state index >= 15 is 0 Å². The highest BCUT2D eigenvalue weighted by Crippen LogP contribution is 2.24. The molecule has 1 unspecified atom stereocenters. The topological polar surface area (TPSA) is 108 Å². The Kier molecular flexibility index (Phi) is 6.83. The van der Waals surface area contributed by atoms with Crippen LogP contribution >= 0.6 is 0 Å². The van der Waals surface area contributed by atoms with Crippen molar-refractivity contribution in [3.63, 3.8) is 0 Å². The number of amides is 1. The van der Waals surface area contributed by atoms with E-state index in [1.54, 1.807) is 13.2 Å². The molecule has 0 saturated heterocycles. The summed E-state index contributed by atoms with van der Waals surface area (Å²) in [5.41, 5.74) is 8.38. The van der Waals surface area contributed by atoms with Crippen molar-refractivity contribution in [1.29, 1.82) is 5.41 Å². The number of carbonyl (C=O) groups is 1. The van der Waals surface area contributed by atoms with Gasteiger partial charge in [-0.15, -0.1) is 0 Å². The van der Waals surface area contributed by atoms with Crippen LogP contribution in [-0.4, -0.2) is 30.9 Å². The Labute approximate surface area is 175 Å². The molecule has 0 aliphatic heterocycles. The number of allylic oxidation sites excluding steroid dienone is 1. The Morgan fingerprint density at radius 1 is 1.13 bits per heavy atom. The summed E-state index contributed by atoms with van der Waals surface area (Å²) in [6, 6.07) is 18.3. The Balaban J connectivity index is 1.89. The molecule has 3 aromatic rings. The number of carbonyl (C=O) groups excluding carboxylic acids is 1. The second-order valence-electron chi connectivity index (χ2n) is 6.86. The fraction of sp³-hybridized carbons (Fsp3) is 0.167. The number of methoxy groups -OCH3 is 1. The lowest BCUT2D eigenvalue weighted by molar-refractivity contribution is 0.0930. The molecule has 30 heavy (non-hydrogen) atoms. The quantitative estimate of drug-likeness (QED) is 0.431. The molecule has 3 aromatic carbocycles. The van der Waals surface area contributed by atoms with Gasteiger partial charge in [0.05, 0.1) is 13.2 Å². The molecule has 154 valence electrons. The third-order valence-electron chi connectivity index (χ3n) is 4.99. The van der Waals surface area contributed by atoms with Gasteiger partial charge in [-0.25, -0.2) is 0 Å². The fourth-order valence-electron chi connectivity index (χ4n) is 3.35. The first-order chi connectivity index (χ1) is 14.6. The normalized spacial score (nSPS) is 12.4. The summed E-state index contributed by atoms with van der Waals surface area (Å²) in [6.07, 6.45) is 2.98. The van der Waals surface area contributed by atoms with Crippen LogP contribution in [0.5, 0.6) is 5.75 Å². The average molecular weight is 403 g/mol. The number of nitrogens with two attached hydrogens (primary N) is 1. The number of hydrogen-bond donors (Lipinski definition) is 4. The number of fused-ring (bicyclic) bond motifs is 1. The van der Waals surface area contributed by atoms with E-state index in [-0.39, 0.29) is 18.6 Å². The molecular weight excluding hydrogens is 378 g/mol. The molecule has 0 aromatic heterocycles. The van der Waals surface area contributed by atoms with E-state index in [2.05, 4.69) is 5.32 Å². The zero-order valence-corrected chi connectivity index (χ0v) is 16.8. The van der Waals surface area contributed by atoms with Crippen molar-refractivity contribution >= 4 is 28.5 Å². The number of aliphatic hydroxyl groups excluding tert-OH is 1. The maximum absolute atomic E-state index is 12.9. The van der Waals surface area contributed by atoms with Crippen molar-refractivity contribution in [2.75, 3.05) is 13.7 Å². The minimum Gasteiger partial charge on any atom is -0.497 e. The Morgan fingerprint density at radius 2 is 1.87 bits per heavy atom. The zero-order chi connectivity index (χ0) is 21.5. The predicted molar refractivity (Wildman–Crippen MR) is 120 cm³/mol. The summed E-state index contributed by atoms with van der Waals surface area (Å²) >= 11 is 0. The smallest absolute Gasteiger partial charge is 0.251 e. The number of ether oxygens (including phenoxy) is 1.